The van der Waals surface area contributed by atoms with Crippen LogP contribution in [0.4, 0.5) is 8.78 Å². The summed E-state index contributed by atoms with van der Waals surface area (Å²) in [5.74, 6) is -1.31. The van der Waals surface area contributed by atoms with E-state index in [-0.39, 0.29) is 24.4 Å². The lowest BCUT2D eigenvalue weighted by atomic mass is 10.1. The van der Waals surface area contributed by atoms with E-state index in [4.69, 9.17) is 0 Å². The molecule has 0 bridgehead atoms. The van der Waals surface area contributed by atoms with Crippen molar-refractivity contribution in [3.05, 3.63) is 65.2 Å². The molecule has 0 aliphatic heterocycles. The van der Waals surface area contributed by atoms with Crippen molar-refractivity contribution >= 4 is 18.5 Å². The van der Waals surface area contributed by atoms with Crippen molar-refractivity contribution in [2.45, 2.75) is 17.9 Å². The summed E-state index contributed by atoms with van der Waals surface area (Å²) in [6, 6.07) is 10.3. The van der Waals surface area contributed by atoms with E-state index in [0.29, 0.717) is 0 Å². The van der Waals surface area contributed by atoms with Crippen LogP contribution in [0.25, 0.3) is 0 Å². The Bertz CT molecular complexity index is 614. The molecule has 0 saturated heterocycles. The number of carbonyl (C=O) groups excluding carboxylic acids is 1. The minimum Gasteiger partial charge on any atom is -0.352 e. The monoisotopic (exact) mass is 293 g/mol. The quantitative estimate of drug-likeness (QED) is 0.833. The average Bonchev–Trinajstić information content (AvgIpc) is 2.42. The Morgan fingerprint density at radius 2 is 1.80 bits per heavy atom. The fourth-order valence-electron chi connectivity index (χ4n) is 1.73. The number of hydrogen-bond donors (Lipinski definition) is 2. The molecule has 0 aromatic heterocycles. The first-order valence-electron chi connectivity index (χ1n) is 6.03. The second-order valence-corrected chi connectivity index (χ2v) is 4.87. The van der Waals surface area contributed by atoms with Gasteiger partial charge in [-0.05, 0) is 35.9 Å². The highest BCUT2D eigenvalue weighted by molar-refractivity contribution is 7.80. The Morgan fingerprint density at radius 1 is 1.10 bits per heavy atom. The van der Waals surface area contributed by atoms with Gasteiger partial charge in [-0.15, -0.1) is 12.6 Å². The zero-order chi connectivity index (χ0) is 14.5. The van der Waals surface area contributed by atoms with Crippen molar-refractivity contribution in [3.63, 3.8) is 0 Å². The summed E-state index contributed by atoms with van der Waals surface area (Å²) in [7, 11) is 0. The summed E-state index contributed by atoms with van der Waals surface area (Å²) >= 11 is 4.15. The van der Waals surface area contributed by atoms with Crippen LogP contribution in [-0.2, 0) is 17.8 Å². The lowest BCUT2D eigenvalue weighted by molar-refractivity contribution is -0.120. The first-order chi connectivity index (χ1) is 9.54. The molecule has 0 saturated carbocycles. The molecule has 5 heteroatoms. The maximum Gasteiger partial charge on any atom is 0.224 e. The second-order valence-electron chi connectivity index (χ2n) is 4.36. The topological polar surface area (TPSA) is 29.1 Å². The Labute approximate surface area is 121 Å². The zero-order valence-corrected chi connectivity index (χ0v) is 11.5. The highest BCUT2D eigenvalue weighted by atomic mass is 32.1. The van der Waals surface area contributed by atoms with Crippen molar-refractivity contribution in [2.24, 2.45) is 0 Å². The standard InChI is InChI=1S/C15H13F2NOS/c16-12-3-6-14(17)11(8-12)9-18-15(19)7-10-1-4-13(20)5-2-10/h1-6,8,20H,7,9H2,(H,18,19). The molecule has 1 amide bonds. The molecule has 0 fully saturated rings. The molecule has 0 radical (unpaired) electrons. The molecule has 0 heterocycles. The van der Waals surface area contributed by atoms with Crippen molar-refractivity contribution in [1.82, 2.24) is 5.32 Å². The Morgan fingerprint density at radius 3 is 2.50 bits per heavy atom. The molecule has 0 aliphatic carbocycles. The largest absolute Gasteiger partial charge is 0.352 e. The van der Waals surface area contributed by atoms with Gasteiger partial charge in [-0.25, -0.2) is 8.78 Å². The molecule has 0 spiro atoms. The summed E-state index contributed by atoms with van der Waals surface area (Å²) in [5.41, 5.74) is 0.962. The van der Waals surface area contributed by atoms with Gasteiger partial charge >= 0.3 is 0 Å². The van der Waals surface area contributed by atoms with E-state index >= 15 is 0 Å². The van der Waals surface area contributed by atoms with Crippen LogP contribution in [0.5, 0.6) is 0 Å². The first kappa shape index (κ1) is 14.5. The van der Waals surface area contributed by atoms with E-state index in [0.717, 1.165) is 28.7 Å². The van der Waals surface area contributed by atoms with E-state index in [1.54, 1.807) is 24.3 Å². The predicted octanol–water partition coefficient (Wildman–Crippen LogP) is 3.11. The smallest absolute Gasteiger partial charge is 0.224 e. The minimum atomic E-state index is -0.536. The molecule has 2 nitrogen and oxygen atoms in total. The number of nitrogens with one attached hydrogen (secondary N) is 1. The molecule has 2 aromatic carbocycles. The maximum absolute atomic E-state index is 13.4. The van der Waals surface area contributed by atoms with Crippen LogP contribution in [0.3, 0.4) is 0 Å². The van der Waals surface area contributed by atoms with Crippen LogP contribution >= 0.6 is 12.6 Å². The van der Waals surface area contributed by atoms with Gasteiger partial charge in [0.05, 0.1) is 6.42 Å². The van der Waals surface area contributed by atoms with Crippen LogP contribution < -0.4 is 5.32 Å². The van der Waals surface area contributed by atoms with Gasteiger partial charge in [0, 0.05) is 17.0 Å². The molecule has 0 aliphatic rings. The van der Waals surface area contributed by atoms with E-state index in [2.05, 4.69) is 17.9 Å². The number of carbonyl (C=O) groups is 1. The number of hydrogen-bond acceptors (Lipinski definition) is 2. The average molecular weight is 293 g/mol. The first-order valence-corrected chi connectivity index (χ1v) is 6.48. The summed E-state index contributed by atoms with van der Waals surface area (Å²) in [5, 5.41) is 2.57. The Balaban J connectivity index is 1.92. The van der Waals surface area contributed by atoms with Crippen molar-refractivity contribution in [2.75, 3.05) is 0 Å². The molecule has 0 unspecified atom stereocenters. The van der Waals surface area contributed by atoms with E-state index in [1.807, 2.05) is 0 Å². The summed E-state index contributed by atoms with van der Waals surface area (Å²) < 4.78 is 26.3. The van der Waals surface area contributed by atoms with Crippen LogP contribution in [0.1, 0.15) is 11.1 Å². The van der Waals surface area contributed by atoms with Gasteiger partial charge in [-0.1, -0.05) is 12.1 Å². The lowest BCUT2D eigenvalue weighted by Gasteiger charge is -2.07. The van der Waals surface area contributed by atoms with Gasteiger partial charge in [-0.2, -0.15) is 0 Å². The second kappa shape index (κ2) is 6.52. The van der Waals surface area contributed by atoms with Crippen LogP contribution in [-0.4, -0.2) is 5.91 Å². The molecule has 20 heavy (non-hydrogen) atoms. The fraction of sp³-hybridized carbons (Fsp3) is 0.133. The SMILES string of the molecule is O=C(Cc1ccc(S)cc1)NCc1cc(F)ccc1F. The molecule has 2 rings (SSSR count). The van der Waals surface area contributed by atoms with Gasteiger partial charge in [0.1, 0.15) is 11.6 Å². The molecule has 1 N–H and O–H groups in total. The summed E-state index contributed by atoms with van der Waals surface area (Å²) in [6.07, 6.45) is 0.186. The van der Waals surface area contributed by atoms with Crippen molar-refractivity contribution in [1.29, 1.82) is 0 Å². The molecule has 0 atom stereocenters. The zero-order valence-electron chi connectivity index (χ0n) is 10.6. The lowest BCUT2D eigenvalue weighted by Crippen LogP contribution is -2.25. The number of halogens is 2. The van der Waals surface area contributed by atoms with Gasteiger partial charge in [0.15, 0.2) is 0 Å². The van der Waals surface area contributed by atoms with Gasteiger partial charge in [0.25, 0.3) is 0 Å². The maximum atomic E-state index is 13.4. The van der Waals surface area contributed by atoms with E-state index in [9.17, 15) is 13.6 Å². The normalized spacial score (nSPS) is 10.3. The fourth-order valence-corrected chi connectivity index (χ4v) is 1.88. The van der Waals surface area contributed by atoms with Gasteiger partial charge < -0.3 is 5.32 Å². The van der Waals surface area contributed by atoms with Crippen molar-refractivity contribution in [3.8, 4) is 0 Å². The van der Waals surface area contributed by atoms with Crippen LogP contribution in [0.2, 0.25) is 0 Å². The van der Waals surface area contributed by atoms with E-state index < -0.39 is 11.6 Å². The van der Waals surface area contributed by atoms with Crippen LogP contribution in [0.15, 0.2) is 47.4 Å². The molecular weight excluding hydrogens is 280 g/mol. The highest BCUT2D eigenvalue weighted by Gasteiger charge is 2.07. The predicted molar refractivity (Wildman–Crippen MR) is 75.6 cm³/mol. The van der Waals surface area contributed by atoms with Crippen molar-refractivity contribution < 1.29 is 13.6 Å². The Hall–Kier alpha value is -1.88. The molecule has 104 valence electrons. The van der Waals surface area contributed by atoms with Gasteiger partial charge in [-0.3, -0.25) is 4.79 Å². The van der Waals surface area contributed by atoms with Gasteiger partial charge in [0.2, 0.25) is 5.91 Å². The summed E-state index contributed by atoms with van der Waals surface area (Å²) in [4.78, 5) is 12.5. The third kappa shape index (κ3) is 4.06. The number of rotatable bonds is 4. The molecular formula is C15H13F2NOS. The third-order valence-electron chi connectivity index (χ3n) is 2.78. The third-order valence-corrected chi connectivity index (χ3v) is 3.08. The Kier molecular flexibility index (Phi) is 4.74. The van der Waals surface area contributed by atoms with E-state index in [1.165, 1.54) is 0 Å². The van der Waals surface area contributed by atoms with Crippen LogP contribution in [0, 0.1) is 11.6 Å². The number of benzene rings is 2. The number of amides is 1. The minimum absolute atomic E-state index is 0.0346. The number of thiol groups is 1. The highest BCUT2D eigenvalue weighted by Crippen LogP contribution is 2.10. The molecule has 2 aromatic rings. The summed E-state index contributed by atoms with van der Waals surface area (Å²) in [6.45, 7) is -0.0346.